The largest absolute Gasteiger partial charge is 0.507 e. The Kier molecular flexibility index (Phi) is 8.31. The van der Waals surface area contributed by atoms with Gasteiger partial charge in [0.05, 0.1) is 35.8 Å². The Morgan fingerprint density at radius 3 is 2.25 bits per heavy atom. The lowest BCUT2D eigenvalue weighted by Crippen LogP contribution is -2.55. The van der Waals surface area contributed by atoms with Crippen LogP contribution in [-0.4, -0.2) is 96.6 Å². The number of nitrogens with one attached hydrogen (secondary N) is 1. The first-order valence-corrected chi connectivity index (χ1v) is 13.9. The Hall–Kier alpha value is -4.21. The second kappa shape index (κ2) is 11.7. The van der Waals surface area contributed by atoms with Crippen LogP contribution in [0.3, 0.4) is 0 Å². The van der Waals surface area contributed by atoms with Gasteiger partial charge in [-0.05, 0) is 6.92 Å². The van der Waals surface area contributed by atoms with Gasteiger partial charge in [-0.2, -0.15) is 0 Å². The maximum Gasteiger partial charge on any atom is 0.303 e. The van der Waals surface area contributed by atoms with Crippen LogP contribution in [0.25, 0.3) is 0 Å². The maximum absolute atomic E-state index is 13.5. The van der Waals surface area contributed by atoms with Gasteiger partial charge in [0.1, 0.15) is 29.8 Å². The van der Waals surface area contributed by atoms with Crippen LogP contribution < -0.4 is 5.32 Å². The van der Waals surface area contributed by atoms with Crippen molar-refractivity contribution >= 4 is 29.2 Å². The molecule has 44 heavy (non-hydrogen) atoms. The van der Waals surface area contributed by atoms with E-state index in [0.29, 0.717) is 0 Å². The van der Waals surface area contributed by atoms with E-state index in [1.54, 1.807) is 0 Å². The average Bonchev–Trinajstić information content (AvgIpc) is 2.98. The Morgan fingerprint density at radius 1 is 1.05 bits per heavy atom. The smallest absolute Gasteiger partial charge is 0.303 e. The Labute approximate surface area is 249 Å². The number of carboxylic acids is 1. The number of ether oxygens (including phenoxy) is 2. The number of rotatable bonds is 8. The van der Waals surface area contributed by atoms with E-state index in [1.807, 2.05) is 0 Å². The van der Waals surface area contributed by atoms with Crippen molar-refractivity contribution in [3.8, 4) is 11.5 Å². The Morgan fingerprint density at radius 2 is 1.66 bits per heavy atom. The number of phenols is 2. The van der Waals surface area contributed by atoms with Crippen LogP contribution in [-0.2, 0) is 30.3 Å². The van der Waals surface area contributed by atoms with Crippen LogP contribution in [0.15, 0.2) is 24.3 Å². The molecule has 0 radical (unpaired) electrons. The lowest BCUT2D eigenvalue weighted by Gasteiger charge is -2.43. The number of carbonyl (C=O) groups excluding carboxylic acids is 4. The molecule has 1 unspecified atom stereocenters. The summed E-state index contributed by atoms with van der Waals surface area (Å²) >= 11 is 0. The zero-order chi connectivity index (χ0) is 32.1. The van der Waals surface area contributed by atoms with Gasteiger partial charge in [-0.3, -0.25) is 24.0 Å². The van der Waals surface area contributed by atoms with E-state index in [1.165, 1.54) is 31.2 Å². The molecule has 1 heterocycles. The molecular weight excluding hydrogens is 582 g/mol. The molecule has 2 aromatic carbocycles. The number of benzene rings is 2. The summed E-state index contributed by atoms with van der Waals surface area (Å²) in [5.74, 6) is -5.80. The topological polar surface area (TPSA) is 237 Å². The molecular formula is C30H31NO13. The number of fused-ring (bicyclic) bond motifs is 3. The summed E-state index contributed by atoms with van der Waals surface area (Å²) < 4.78 is 11.8. The van der Waals surface area contributed by atoms with Gasteiger partial charge in [-0.25, -0.2) is 0 Å². The zero-order valence-electron chi connectivity index (χ0n) is 23.5. The molecule has 0 aromatic heterocycles. The molecule has 6 atom stereocenters. The molecule has 1 fully saturated rings. The van der Waals surface area contributed by atoms with E-state index in [4.69, 9.17) is 14.6 Å². The van der Waals surface area contributed by atoms with Crippen molar-refractivity contribution in [1.29, 1.82) is 0 Å². The van der Waals surface area contributed by atoms with Crippen molar-refractivity contribution in [2.24, 2.45) is 0 Å². The Balaban J connectivity index is 1.54. The van der Waals surface area contributed by atoms with Crippen molar-refractivity contribution in [3.05, 3.63) is 57.6 Å². The van der Waals surface area contributed by atoms with Gasteiger partial charge >= 0.3 is 5.97 Å². The van der Waals surface area contributed by atoms with Gasteiger partial charge in [0.25, 0.3) is 0 Å². The number of ketones is 3. The molecule has 1 aliphatic heterocycles. The average molecular weight is 614 g/mol. The molecule has 1 saturated heterocycles. The van der Waals surface area contributed by atoms with Crippen LogP contribution in [0.4, 0.5) is 0 Å². The third-order valence-electron chi connectivity index (χ3n) is 8.37. The van der Waals surface area contributed by atoms with Crippen LogP contribution in [0.5, 0.6) is 11.5 Å². The van der Waals surface area contributed by atoms with E-state index >= 15 is 0 Å². The highest BCUT2D eigenvalue weighted by Gasteiger charge is 2.50. The zero-order valence-corrected chi connectivity index (χ0v) is 23.5. The summed E-state index contributed by atoms with van der Waals surface area (Å²) in [7, 11) is 0. The molecule has 14 nitrogen and oxygen atoms in total. The second-order valence-electron chi connectivity index (χ2n) is 11.2. The predicted molar refractivity (Wildman–Crippen MR) is 146 cm³/mol. The first-order valence-electron chi connectivity index (χ1n) is 13.9. The lowest BCUT2D eigenvalue weighted by atomic mass is 9.72. The lowest BCUT2D eigenvalue weighted by molar-refractivity contribution is -0.249. The number of phenolic OH excluding ortho intramolecular Hbond substituents is 2. The minimum atomic E-state index is -2.32. The monoisotopic (exact) mass is 613 g/mol. The summed E-state index contributed by atoms with van der Waals surface area (Å²) in [6.07, 6.45) is -7.01. The molecule has 7 N–H and O–H groups in total. The van der Waals surface area contributed by atoms with Gasteiger partial charge < -0.3 is 45.4 Å². The summed E-state index contributed by atoms with van der Waals surface area (Å²) in [6.45, 7) is 0.410. The number of aromatic hydroxyl groups is 2. The molecule has 2 aromatic rings. The summed E-state index contributed by atoms with van der Waals surface area (Å²) in [5, 5.41) is 65.8. The van der Waals surface area contributed by atoms with Crippen molar-refractivity contribution in [2.45, 2.75) is 75.3 Å². The molecule has 1 amide bonds. The van der Waals surface area contributed by atoms with E-state index in [0.717, 1.165) is 0 Å². The van der Waals surface area contributed by atoms with Gasteiger partial charge in [-0.15, -0.1) is 0 Å². The number of aliphatic hydroxyl groups excluding tert-OH is 2. The number of Topliss-reactive ketones (excluding diaryl/α,β-unsaturated/α-hetero) is 1. The number of carbonyl (C=O) groups is 5. The molecule has 14 heteroatoms. The van der Waals surface area contributed by atoms with E-state index in [-0.39, 0.29) is 35.1 Å². The van der Waals surface area contributed by atoms with Crippen molar-refractivity contribution in [3.63, 3.8) is 0 Å². The fourth-order valence-electron chi connectivity index (χ4n) is 6.12. The van der Waals surface area contributed by atoms with Gasteiger partial charge in [0.15, 0.2) is 23.6 Å². The molecule has 5 rings (SSSR count). The minimum absolute atomic E-state index is 0.000186. The van der Waals surface area contributed by atoms with Crippen LogP contribution >= 0.6 is 0 Å². The molecule has 0 spiro atoms. The summed E-state index contributed by atoms with van der Waals surface area (Å²) in [6, 6.07) is 4.88. The first-order chi connectivity index (χ1) is 20.8. The van der Waals surface area contributed by atoms with E-state index in [2.05, 4.69) is 5.32 Å². The Bertz CT molecular complexity index is 1570. The van der Waals surface area contributed by atoms with Gasteiger partial charge in [0.2, 0.25) is 5.91 Å². The molecule has 0 saturated carbocycles. The molecule has 0 bridgehead atoms. The van der Waals surface area contributed by atoms with Crippen LogP contribution in [0.2, 0.25) is 0 Å². The summed E-state index contributed by atoms with van der Waals surface area (Å²) in [5.41, 5.74) is -3.74. The first kappa shape index (κ1) is 31.2. The maximum atomic E-state index is 13.5. The molecule has 2 aliphatic carbocycles. The fraction of sp³-hybridized carbons (Fsp3) is 0.433. The van der Waals surface area contributed by atoms with E-state index < -0.39 is 114 Å². The number of hydrogen-bond donors (Lipinski definition) is 7. The van der Waals surface area contributed by atoms with E-state index in [9.17, 15) is 49.5 Å². The highest BCUT2D eigenvalue weighted by Crippen LogP contribution is 2.52. The second-order valence-corrected chi connectivity index (χ2v) is 11.2. The number of aliphatic hydroxyl groups is 3. The number of aliphatic carboxylic acids is 1. The minimum Gasteiger partial charge on any atom is -0.507 e. The molecule has 234 valence electrons. The normalized spacial score (nSPS) is 27.6. The van der Waals surface area contributed by atoms with Gasteiger partial charge in [0, 0.05) is 47.9 Å². The third kappa shape index (κ3) is 5.35. The highest BCUT2D eigenvalue weighted by molar-refractivity contribution is 6.30. The number of amides is 1. The van der Waals surface area contributed by atoms with Crippen molar-refractivity contribution in [2.75, 3.05) is 6.61 Å². The quantitative estimate of drug-likeness (QED) is 0.166. The van der Waals surface area contributed by atoms with Crippen molar-refractivity contribution in [1.82, 2.24) is 5.32 Å². The van der Waals surface area contributed by atoms with Crippen LogP contribution in [0.1, 0.15) is 81.7 Å². The number of hydrogen-bond acceptors (Lipinski definition) is 12. The highest BCUT2D eigenvalue weighted by atomic mass is 16.7. The summed E-state index contributed by atoms with van der Waals surface area (Å²) in [4.78, 5) is 62.7. The standard InChI is InChI=1S/C30H31NO13/c1-12-25(37)16(31-19(34)6-7-20(35)36)8-21(43-12)44-17-10-30(42,18(33)11-32)9-15-22(17)29(41)24-23(28(15)40)26(38)13-4-2-3-5-14(13)27(24)39/h2-5,12,16-17,21,25,32,37,40-42H,6-11H2,1H3,(H,31,34)(H,35,36)/t12-,16+,17?,21+,25-,30+/m1/s1. The van der Waals surface area contributed by atoms with Gasteiger partial charge in [-0.1, -0.05) is 24.3 Å². The third-order valence-corrected chi connectivity index (χ3v) is 8.37. The van der Waals surface area contributed by atoms with Crippen LogP contribution in [0, 0.1) is 0 Å². The molecule has 3 aliphatic rings. The fourth-order valence-corrected chi connectivity index (χ4v) is 6.12. The number of carboxylic acid groups (broad SMARTS) is 1. The SMILES string of the molecule is C[C@H]1O[C@@H](OC2C[C@](O)(C(=O)CO)Cc3c(O)c4c(c(O)c32)C(=O)c2ccccc2C4=O)C[C@H](NC(=O)CCC(=O)O)[C@@H]1O. The van der Waals surface area contributed by atoms with Crippen molar-refractivity contribution < 1.29 is 64.1 Å². The predicted octanol–water partition coefficient (Wildman–Crippen LogP) is 0.0150.